The van der Waals surface area contributed by atoms with E-state index < -0.39 is 6.04 Å². The van der Waals surface area contributed by atoms with Crippen molar-refractivity contribution in [3.63, 3.8) is 0 Å². The van der Waals surface area contributed by atoms with Crippen LogP contribution in [0.15, 0.2) is 54.6 Å². The zero-order chi connectivity index (χ0) is 24.2. The number of fused-ring (bicyclic) bond motifs is 4. The first-order valence-corrected chi connectivity index (χ1v) is 13.0. The van der Waals surface area contributed by atoms with Gasteiger partial charge in [-0.05, 0) is 42.9 Å². The van der Waals surface area contributed by atoms with Gasteiger partial charge in [0.25, 0.3) is 0 Å². The number of H-pyrrole nitrogens is 1. The number of hydrogen-bond acceptors (Lipinski definition) is 3. The molecule has 0 saturated carbocycles. The molecule has 2 aliphatic rings. The Morgan fingerprint density at radius 3 is 2.60 bits per heavy atom. The molecule has 2 atom stereocenters. The first-order chi connectivity index (χ1) is 17.2. The zero-order valence-corrected chi connectivity index (χ0v) is 20.5. The fraction of sp³-hybridized carbons (Fsp3) is 0.448. The Labute approximate surface area is 207 Å². The molecule has 5 rings (SSSR count). The molecule has 6 heteroatoms. The highest BCUT2D eigenvalue weighted by Crippen LogP contribution is 2.41. The van der Waals surface area contributed by atoms with Crippen LogP contribution in [0, 0.1) is 0 Å². The van der Waals surface area contributed by atoms with Crippen molar-refractivity contribution < 1.29 is 14.3 Å². The van der Waals surface area contributed by atoms with Crippen LogP contribution in [0.1, 0.15) is 55.5 Å². The van der Waals surface area contributed by atoms with Crippen LogP contribution in [0.2, 0.25) is 0 Å². The number of benzene rings is 2. The fourth-order valence-corrected chi connectivity index (χ4v) is 5.59. The molecule has 2 aromatic carbocycles. The monoisotopic (exact) mass is 473 g/mol. The van der Waals surface area contributed by atoms with E-state index in [1.807, 2.05) is 35.2 Å². The molecule has 184 valence electrons. The van der Waals surface area contributed by atoms with Gasteiger partial charge in [0, 0.05) is 42.8 Å². The number of aromatic amines is 1. The summed E-state index contributed by atoms with van der Waals surface area (Å²) in [5, 5.41) is 1.16. The number of nitrogens with one attached hydrogen (secondary N) is 1. The van der Waals surface area contributed by atoms with E-state index >= 15 is 0 Å². The van der Waals surface area contributed by atoms with E-state index in [0.717, 1.165) is 55.3 Å². The van der Waals surface area contributed by atoms with Crippen LogP contribution in [-0.2, 0) is 27.2 Å². The molecule has 1 aromatic heterocycles. The molecule has 1 fully saturated rings. The molecule has 0 radical (unpaired) electrons. The summed E-state index contributed by atoms with van der Waals surface area (Å²) in [7, 11) is 0. The van der Waals surface area contributed by atoms with Crippen LogP contribution in [-0.4, -0.2) is 58.9 Å². The SMILES string of the molecule is CCCCOCCCN1CC(=O)N2[C@H](CCc3ccccc3)c3[nH]c4ccccc4c3C[C@H]2C1=O. The highest BCUT2D eigenvalue weighted by molar-refractivity contribution is 5.97. The summed E-state index contributed by atoms with van der Waals surface area (Å²) >= 11 is 0. The van der Waals surface area contributed by atoms with Gasteiger partial charge in [-0.25, -0.2) is 0 Å². The van der Waals surface area contributed by atoms with Gasteiger partial charge in [0.1, 0.15) is 6.04 Å². The number of carbonyl (C=O) groups is 2. The van der Waals surface area contributed by atoms with Crippen LogP contribution in [0.25, 0.3) is 10.9 Å². The maximum Gasteiger partial charge on any atom is 0.246 e. The minimum Gasteiger partial charge on any atom is -0.381 e. The Morgan fingerprint density at radius 1 is 1.00 bits per heavy atom. The number of aryl methyl sites for hydroxylation is 1. The standard InChI is InChI=1S/C29H35N3O3/c1-2-3-17-35-18-9-16-31-20-27(33)32-25(15-14-21-10-5-4-6-11-21)28-23(19-26(32)29(31)34)22-12-7-8-13-24(22)30-28/h4-8,10-13,25-26,30H,2-3,9,14-20H2,1H3/t25-,26+/m1/s1. The molecule has 6 nitrogen and oxygen atoms in total. The summed E-state index contributed by atoms with van der Waals surface area (Å²) in [6, 6.07) is 18.1. The van der Waals surface area contributed by atoms with Gasteiger partial charge in [0.15, 0.2) is 0 Å². The van der Waals surface area contributed by atoms with E-state index in [2.05, 4.69) is 36.2 Å². The molecule has 1 saturated heterocycles. The number of carbonyl (C=O) groups excluding carboxylic acids is 2. The molecule has 0 spiro atoms. The predicted molar refractivity (Wildman–Crippen MR) is 137 cm³/mol. The Balaban J connectivity index is 1.38. The van der Waals surface area contributed by atoms with Crippen LogP contribution >= 0.6 is 0 Å². The summed E-state index contributed by atoms with van der Waals surface area (Å²) < 4.78 is 5.67. The van der Waals surface area contributed by atoms with Gasteiger partial charge in [-0.15, -0.1) is 0 Å². The molecular formula is C29H35N3O3. The Kier molecular flexibility index (Phi) is 7.19. The van der Waals surface area contributed by atoms with Crippen molar-refractivity contribution >= 4 is 22.7 Å². The third-order valence-corrected chi connectivity index (χ3v) is 7.37. The van der Waals surface area contributed by atoms with E-state index in [1.165, 1.54) is 11.1 Å². The van der Waals surface area contributed by atoms with E-state index in [9.17, 15) is 9.59 Å². The van der Waals surface area contributed by atoms with Crippen molar-refractivity contribution in [1.29, 1.82) is 0 Å². The van der Waals surface area contributed by atoms with E-state index in [0.29, 0.717) is 19.6 Å². The third kappa shape index (κ3) is 4.85. The number of ether oxygens (including phenoxy) is 1. The number of para-hydroxylation sites is 1. The third-order valence-electron chi connectivity index (χ3n) is 7.37. The number of hydrogen-bond donors (Lipinski definition) is 1. The number of rotatable bonds is 10. The topological polar surface area (TPSA) is 65.6 Å². The van der Waals surface area contributed by atoms with Gasteiger partial charge in [-0.3, -0.25) is 9.59 Å². The largest absolute Gasteiger partial charge is 0.381 e. The minimum atomic E-state index is -0.440. The predicted octanol–water partition coefficient (Wildman–Crippen LogP) is 4.64. The molecule has 1 N–H and O–H groups in total. The number of unbranched alkanes of at least 4 members (excludes halogenated alkanes) is 1. The molecule has 0 aliphatic carbocycles. The van der Waals surface area contributed by atoms with Crippen LogP contribution in [0.5, 0.6) is 0 Å². The highest BCUT2D eigenvalue weighted by atomic mass is 16.5. The van der Waals surface area contributed by atoms with Crippen LogP contribution < -0.4 is 0 Å². The summed E-state index contributed by atoms with van der Waals surface area (Å²) in [5.41, 5.74) is 4.60. The molecular weight excluding hydrogens is 438 g/mol. The highest BCUT2D eigenvalue weighted by Gasteiger charge is 2.47. The van der Waals surface area contributed by atoms with E-state index in [4.69, 9.17) is 4.74 Å². The Morgan fingerprint density at radius 2 is 1.77 bits per heavy atom. The molecule has 35 heavy (non-hydrogen) atoms. The smallest absolute Gasteiger partial charge is 0.246 e. The average molecular weight is 474 g/mol. The average Bonchev–Trinajstić information content (AvgIpc) is 3.26. The summed E-state index contributed by atoms with van der Waals surface area (Å²) in [5.74, 6) is 0.114. The summed E-state index contributed by atoms with van der Waals surface area (Å²) in [6.07, 6.45) is 5.11. The maximum atomic E-state index is 13.6. The number of piperazine rings is 1. The fourth-order valence-electron chi connectivity index (χ4n) is 5.59. The molecule has 0 unspecified atom stereocenters. The van der Waals surface area contributed by atoms with Crippen LogP contribution in [0.4, 0.5) is 0 Å². The first-order valence-electron chi connectivity index (χ1n) is 13.0. The van der Waals surface area contributed by atoms with E-state index in [-0.39, 0.29) is 24.4 Å². The second-order valence-corrected chi connectivity index (χ2v) is 9.70. The lowest BCUT2D eigenvalue weighted by Crippen LogP contribution is -2.63. The lowest BCUT2D eigenvalue weighted by molar-refractivity contribution is -0.160. The van der Waals surface area contributed by atoms with Crippen molar-refractivity contribution in [3.05, 3.63) is 71.4 Å². The molecule has 3 heterocycles. The van der Waals surface area contributed by atoms with Gasteiger partial charge in [0.2, 0.25) is 11.8 Å². The number of aromatic nitrogens is 1. The van der Waals surface area contributed by atoms with E-state index in [1.54, 1.807) is 4.90 Å². The van der Waals surface area contributed by atoms with Crippen molar-refractivity contribution in [3.8, 4) is 0 Å². The number of nitrogens with zero attached hydrogens (tertiary/aromatic N) is 2. The lowest BCUT2D eigenvalue weighted by atomic mass is 9.86. The maximum absolute atomic E-state index is 13.6. The Bertz CT molecular complexity index is 1170. The second kappa shape index (κ2) is 10.6. The molecule has 2 amide bonds. The minimum absolute atomic E-state index is 0.0452. The molecule has 2 aliphatic heterocycles. The van der Waals surface area contributed by atoms with Gasteiger partial charge in [-0.2, -0.15) is 0 Å². The van der Waals surface area contributed by atoms with Gasteiger partial charge >= 0.3 is 0 Å². The second-order valence-electron chi connectivity index (χ2n) is 9.70. The molecule has 0 bridgehead atoms. The van der Waals surface area contributed by atoms with Crippen molar-refractivity contribution in [1.82, 2.24) is 14.8 Å². The summed E-state index contributed by atoms with van der Waals surface area (Å²) in [4.78, 5) is 34.4. The quantitative estimate of drug-likeness (QED) is 0.436. The van der Waals surface area contributed by atoms with Crippen molar-refractivity contribution in [2.75, 3.05) is 26.3 Å². The zero-order valence-electron chi connectivity index (χ0n) is 20.5. The Hall–Kier alpha value is -3.12. The van der Waals surface area contributed by atoms with Crippen molar-refractivity contribution in [2.24, 2.45) is 0 Å². The van der Waals surface area contributed by atoms with Gasteiger partial charge in [0.05, 0.1) is 12.6 Å². The normalized spacial score (nSPS) is 19.8. The van der Waals surface area contributed by atoms with Gasteiger partial charge in [-0.1, -0.05) is 61.9 Å². The lowest BCUT2D eigenvalue weighted by Gasteiger charge is -2.47. The first kappa shape index (κ1) is 23.6. The van der Waals surface area contributed by atoms with Gasteiger partial charge < -0.3 is 19.5 Å². The van der Waals surface area contributed by atoms with Crippen LogP contribution in [0.3, 0.4) is 0 Å². The summed E-state index contributed by atoms with van der Waals surface area (Å²) in [6.45, 7) is 4.24. The number of amides is 2. The van der Waals surface area contributed by atoms with Crippen molar-refractivity contribution in [2.45, 2.75) is 57.5 Å². The molecule has 3 aromatic rings.